The molecule has 1 heterocycles. The predicted molar refractivity (Wildman–Crippen MR) is 77.3 cm³/mol. The molecule has 5 heteroatoms. The van der Waals surface area contributed by atoms with Gasteiger partial charge in [-0.3, -0.25) is 0 Å². The van der Waals surface area contributed by atoms with Crippen molar-refractivity contribution >= 4 is 11.7 Å². The molecule has 106 valence electrons. The molecule has 20 heavy (non-hydrogen) atoms. The van der Waals surface area contributed by atoms with E-state index in [2.05, 4.69) is 4.98 Å². The van der Waals surface area contributed by atoms with Gasteiger partial charge in [-0.2, -0.15) is 0 Å². The molecule has 0 aliphatic heterocycles. The number of nitrogens with zero attached hydrogens (tertiary/aromatic N) is 2. The van der Waals surface area contributed by atoms with Gasteiger partial charge in [-0.1, -0.05) is 13.8 Å². The molecule has 1 N–H and O–H groups in total. The van der Waals surface area contributed by atoms with Crippen LogP contribution in [-0.4, -0.2) is 30.2 Å². The highest BCUT2D eigenvalue weighted by Crippen LogP contribution is 2.27. The van der Waals surface area contributed by atoms with Gasteiger partial charge in [-0.15, -0.1) is 0 Å². The highest BCUT2D eigenvalue weighted by molar-refractivity contribution is 5.86. The van der Waals surface area contributed by atoms with Crippen LogP contribution in [0.4, 0.5) is 5.69 Å². The van der Waals surface area contributed by atoms with Crippen molar-refractivity contribution in [3.8, 4) is 11.5 Å². The minimum atomic E-state index is -1.09. The third-order valence-corrected chi connectivity index (χ3v) is 3.03. The van der Waals surface area contributed by atoms with Crippen molar-refractivity contribution < 1.29 is 14.3 Å². The average molecular weight is 274 g/mol. The first kappa shape index (κ1) is 14.1. The highest BCUT2D eigenvalue weighted by Gasteiger charge is 2.22. The molecule has 0 bridgehead atoms. The number of carboxylic acid groups (broad SMARTS) is 1. The molecule has 0 unspecified atom stereocenters. The molecule has 2 aromatic rings. The molecule has 2 rings (SSSR count). The molecule has 5 nitrogen and oxygen atoms in total. The molecule has 0 atom stereocenters. The van der Waals surface area contributed by atoms with Crippen molar-refractivity contribution in [1.82, 2.24) is 4.98 Å². The first-order valence-corrected chi connectivity index (χ1v) is 6.42. The van der Waals surface area contributed by atoms with Gasteiger partial charge >= 0.3 is 5.97 Å². The molecule has 0 radical (unpaired) electrons. The van der Waals surface area contributed by atoms with E-state index >= 15 is 0 Å². The number of benzene rings is 1. The zero-order valence-corrected chi connectivity index (χ0v) is 12.0. The topological polar surface area (TPSA) is 66.6 Å². The summed E-state index contributed by atoms with van der Waals surface area (Å²) in [5.41, 5.74) is 2.30. The molecule has 0 aliphatic rings. The lowest BCUT2D eigenvalue weighted by Gasteiger charge is -2.11. The van der Waals surface area contributed by atoms with Gasteiger partial charge in [0.2, 0.25) is 11.7 Å². The minimum Gasteiger partial charge on any atom is -0.475 e. The number of hydrogen-bond donors (Lipinski definition) is 1. The van der Waals surface area contributed by atoms with Crippen LogP contribution in [-0.2, 0) is 0 Å². The third kappa shape index (κ3) is 2.66. The summed E-state index contributed by atoms with van der Waals surface area (Å²) in [6.07, 6.45) is 0. The number of rotatable bonds is 4. The van der Waals surface area contributed by atoms with Gasteiger partial charge in [0, 0.05) is 25.3 Å². The lowest BCUT2D eigenvalue weighted by molar-refractivity contribution is 0.0661. The van der Waals surface area contributed by atoms with Crippen LogP contribution in [0, 0.1) is 0 Å². The van der Waals surface area contributed by atoms with Gasteiger partial charge in [-0.05, 0) is 30.2 Å². The van der Waals surface area contributed by atoms with E-state index in [0.29, 0.717) is 11.6 Å². The quantitative estimate of drug-likeness (QED) is 0.927. The number of aromatic carboxylic acids is 1. The van der Waals surface area contributed by atoms with Gasteiger partial charge in [0.1, 0.15) is 0 Å². The second-order valence-corrected chi connectivity index (χ2v) is 5.13. The molecule has 0 aliphatic carbocycles. The van der Waals surface area contributed by atoms with Gasteiger partial charge in [0.15, 0.2) is 0 Å². The van der Waals surface area contributed by atoms with Crippen LogP contribution in [0.15, 0.2) is 28.7 Å². The number of aromatic nitrogens is 1. The minimum absolute atomic E-state index is 0.000326. The fraction of sp³-hybridized carbons (Fsp3) is 0.333. The average Bonchev–Trinajstić information content (AvgIpc) is 2.84. The maximum atomic E-state index is 11.2. The van der Waals surface area contributed by atoms with Crippen LogP contribution < -0.4 is 4.90 Å². The van der Waals surface area contributed by atoms with Crippen LogP contribution in [0.3, 0.4) is 0 Å². The second kappa shape index (κ2) is 5.36. The summed E-state index contributed by atoms with van der Waals surface area (Å²) in [6.45, 7) is 3.78. The summed E-state index contributed by atoms with van der Waals surface area (Å²) in [5.74, 6) is -0.819. The smallest absolute Gasteiger partial charge is 0.373 e. The lowest BCUT2D eigenvalue weighted by atomic mass is 10.1. The maximum absolute atomic E-state index is 11.2. The SMILES string of the molecule is CC(C)c1nc(-c2ccc(N(C)C)cc2)oc1C(=O)O. The first-order valence-electron chi connectivity index (χ1n) is 6.42. The molecule has 1 aromatic carbocycles. The Morgan fingerprint density at radius 3 is 2.25 bits per heavy atom. The number of anilines is 1. The van der Waals surface area contributed by atoms with E-state index < -0.39 is 5.97 Å². The van der Waals surface area contributed by atoms with E-state index in [4.69, 9.17) is 9.52 Å². The van der Waals surface area contributed by atoms with E-state index in [1.165, 1.54) is 0 Å². The standard InChI is InChI=1S/C15H18N2O3/c1-9(2)12-13(15(18)19)20-14(16-12)10-5-7-11(8-6-10)17(3)4/h5-9H,1-4H3,(H,18,19). The summed E-state index contributed by atoms with van der Waals surface area (Å²) in [7, 11) is 3.92. The zero-order valence-electron chi connectivity index (χ0n) is 12.0. The van der Waals surface area contributed by atoms with Crippen molar-refractivity contribution in [3.05, 3.63) is 35.7 Å². The fourth-order valence-corrected chi connectivity index (χ4v) is 1.90. The summed E-state index contributed by atoms with van der Waals surface area (Å²) >= 11 is 0. The second-order valence-electron chi connectivity index (χ2n) is 5.13. The highest BCUT2D eigenvalue weighted by atomic mass is 16.4. The Balaban J connectivity index is 2.42. The number of carboxylic acids is 1. The number of carbonyl (C=O) groups is 1. The molecule has 0 spiro atoms. The Morgan fingerprint density at radius 1 is 1.25 bits per heavy atom. The van der Waals surface area contributed by atoms with E-state index in [1.807, 2.05) is 57.1 Å². The van der Waals surface area contributed by atoms with Crippen molar-refractivity contribution in [2.75, 3.05) is 19.0 Å². The van der Waals surface area contributed by atoms with E-state index in [0.717, 1.165) is 11.3 Å². The number of oxazole rings is 1. The normalized spacial score (nSPS) is 10.8. The van der Waals surface area contributed by atoms with Crippen molar-refractivity contribution in [1.29, 1.82) is 0 Å². The third-order valence-electron chi connectivity index (χ3n) is 3.03. The van der Waals surface area contributed by atoms with Crippen LogP contribution in [0.25, 0.3) is 11.5 Å². The van der Waals surface area contributed by atoms with E-state index in [1.54, 1.807) is 0 Å². The largest absolute Gasteiger partial charge is 0.475 e. The van der Waals surface area contributed by atoms with E-state index in [-0.39, 0.29) is 11.7 Å². The van der Waals surface area contributed by atoms with E-state index in [9.17, 15) is 4.79 Å². The van der Waals surface area contributed by atoms with Crippen LogP contribution in [0.2, 0.25) is 0 Å². The number of hydrogen-bond acceptors (Lipinski definition) is 4. The molecule has 0 saturated heterocycles. The monoisotopic (exact) mass is 274 g/mol. The van der Waals surface area contributed by atoms with Gasteiger partial charge in [0.05, 0.1) is 5.69 Å². The van der Waals surface area contributed by atoms with Crippen LogP contribution in [0.5, 0.6) is 0 Å². The molecule has 0 amide bonds. The Morgan fingerprint density at radius 2 is 1.85 bits per heavy atom. The maximum Gasteiger partial charge on any atom is 0.373 e. The first-order chi connectivity index (χ1) is 9.40. The Labute approximate surface area is 117 Å². The summed E-state index contributed by atoms with van der Waals surface area (Å²) < 4.78 is 5.40. The Bertz CT molecular complexity index is 613. The predicted octanol–water partition coefficient (Wildman–Crippen LogP) is 3.23. The summed E-state index contributed by atoms with van der Waals surface area (Å²) in [6, 6.07) is 7.62. The molecule has 1 aromatic heterocycles. The van der Waals surface area contributed by atoms with Gasteiger partial charge in [0.25, 0.3) is 0 Å². The molecule has 0 saturated carbocycles. The Kier molecular flexibility index (Phi) is 3.79. The lowest BCUT2D eigenvalue weighted by Crippen LogP contribution is -2.07. The van der Waals surface area contributed by atoms with Crippen molar-refractivity contribution in [2.45, 2.75) is 19.8 Å². The molecule has 0 fully saturated rings. The summed E-state index contributed by atoms with van der Waals surface area (Å²) in [5, 5.41) is 9.15. The van der Waals surface area contributed by atoms with Crippen LogP contribution in [0.1, 0.15) is 36.0 Å². The van der Waals surface area contributed by atoms with Crippen molar-refractivity contribution in [2.24, 2.45) is 0 Å². The van der Waals surface area contributed by atoms with Gasteiger partial charge < -0.3 is 14.4 Å². The van der Waals surface area contributed by atoms with Crippen molar-refractivity contribution in [3.63, 3.8) is 0 Å². The zero-order chi connectivity index (χ0) is 14.9. The molecular weight excluding hydrogens is 256 g/mol. The summed E-state index contributed by atoms with van der Waals surface area (Å²) in [4.78, 5) is 17.5. The Hall–Kier alpha value is -2.30. The fourth-order valence-electron chi connectivity index (χ4n) is 1.90. The molecular formula is C15H18N2O3. The van der Waals surface area contributed by atoms with Crippen LogP contribution >= 0.6 is 0 Å². The van der Waals surface area contributed by atoms with Gasteiger partial charge in [-0.25, -0.2) is 9.78 Å².